The van der Waals surface area contributed by atoms with Gasteiger partial charge in [0.2, 0.25) is 18.6 Å². The van der Waals surface area contributed by atoms with Gasteiger partial charge < -0.3 is 29.2 Å². The van der Waals surface area contributed by atoms with Crippen molar-refractivity contribution in [3.05, 3.63) is 54.6 Å². The molecule has 1 spiro atoms. The SMILES string of the molecule is COc1ccc(NC(=O)[C@@H]2[C@@H]3C=C[C@@]4(CN(c5ccc6c(c5)OCO6)C(=O)[C@@H]24)O3)cc1. The smallest absolute Gasteiger partial charge is 0.234 e. The lowest BCUT2D eigenvalue weighted by Crippen LogP contribution is -2.41. The van der Waals surface area contributed by atoms with Gasteiger partial charge in [-0.1, -0.05) is 12.2 Å². The summed E-state index contributed by atoms with van der Waals surface area (Å²) in [5, 5.41) is 2.92. The molecular weight excluding hydrogens is 400 g/mol. The van der Waals surface area contributed by atoms with E-state index in [1.54, 1.807) is 48.4 Å². The van der Waals surface area contributed by atoms with Gasteiger partial charge >= 0.3 is 0 Å². The van der Waals surface area contributed by atoms with E-state index >= 15 is 0 Å². The summed E-state index contributed by atoms with van der Waals surface area (Å²) >= 11 is 0. The van der Waals surface area contributed by atoms with Gasteiger partial charge in [-0.2, -0.15) is 0 Å². The molecule has 0 aliphatic carbocycles. The van der Waals surface area contributed by atoms with Gasteiger partial charge in [-0.05, 0) is 36.4 Å². The number of fused-ring (bicyclic) bond motifs is 2. The first-order valence-electron chi connectivity index (χ1n) is 10.1. The van der Waals surface area contributed by atoms with Crippen LogP contribution in [0.5, 0.6) is 17.2 Å². The minimum atomic E-state index is -0.792. The van der Waals surface area contributed by atoms with E-state index in [1.165, 1.54) is 0 Å². The van der Waals surface area contributed by atoms with Crippen LogP contribution in [-0.4, -0.2) is 44.0 Å². The average Bonchev–Trinajstić information content (AvgIpc) is 3.54. The van der Waals surface area contributed by atoms with Gasteiger partial charge in [0.25, 0.3) is 0 Å². The van der Waals surface area contributed by atoms with Crippen LogP contribution < -0.4 is 24.4 Å². The van der Waals surface area contributed by atoms with E-state index < -0.39 is 23.5 Å². The predicted octanol–water partition coefficient (Wildman–Crippen LogP) is 2.35. The van der Waals surface area contributed by atoms with E-state index in [4.69, 9.17) is 18.9 Å². The topological polar surface area (TPSA) is 86.3 Å². The molecule has 0 saturated carbocycles. The number of hydrogen-bond acceptors (Lipinski definition) is 6. The third-order valence-corrected chi connectivity index (χ3v) is 6.43. The predicted molar refractivity (Wildman–Crippen MR) is 110 cm³/mol. The number of nitrogens with one attached hydrogen (secondary N) is 1. The second-order valence-electron chi connectivity index (χ2n) is 8.08. The fourth-order valence-corrected chi connectivity index (χ4v) is 4.97. The molecule has 0 unspecified atom stereocenters. The highest BCUT2D eigenvalue weighted by atomic mass is 16.7. The molecule has 8 nitrogen and oxygen atoms in total. The van der Waals surface area contributed by atoms with Crippen molar-refractivity contribution < 1.29 is 28.5 Å². The van der Waals surface area contributed by atoms with Gasteiger partial charge in [0.1, 0.15) is 11.4 Å². The number of anilines is 2. The fraction of sp³-hybridized carbons (Fsp3) is 0.304. The first-order chi connectivity index (χ1) is 15.1. The molecule has 2 aromatic carbocycles. The molecular formula is C23H20N2O6. The molecule has 6 rings (SSSR count). The Morgan fingerprint density at radius 1 is 1.16 bits per heavy atom. The van der Waals surface area contributed by atoms with E-state index in [9.17, 15) is 9.59 Å². The van der Waals surface area contributed by atoms with Gasteiger partial charge in [-0.15, -0.1) is 0 Å². The van der Waals surface area contributed by atoms with Gasteiger partial charge in [0, 0.05) is 17.4 Å². The van der Waals surface area contributed by atoms with Crippen molar-refractivity contribution in [3.63, 3.8) is 0 Å². The summed E-state index contributed by atoms with van der Waals surface area (Å²) < 4.78 is 22.2. The van der Waals surface area contributed by atoms with E-state index in [0.29, 0.717) is 35.2 Å². The number of carbonyl (C=O) groups excluding carboxylic acids is 2. The Labute approximate surface area is 178 Å². The van der Waals surface area contributed by atoms with Gasteiger partial charge in [0.05, 0.1) is 31.6 Å². The molecule has 0 aromatic heterocycles. The lowest BCUT2D eigenvalue weighted by molar-refractivity contribution is -0.128. The molecule has 158 valence electrons. The molecule has 4 heterocycles. The molecule has 1 N–H and O–H groups in total. The largest absolute Gasteiger partial charge is 0.497 e. The third-order valence-electron chi connectivity index (χ3n) is 6.43. The number of rotatable bonds is 4. The molecule has 2 saturated heterocycles. The van der Waals surface area contributed by atoms with Crippen LogP contribution in [0.3, 0.4) is 0 Å². The highest BCUT2D eigenvalue weighted by Gasteiger charge is 2.67. The minimum Gasteiger partial charge on any atom is -0.497 e. The van der Waals surface area contributed by atoms with Crippen LogP contribution >= 0.6 is 0 Å². The molecule has 2 aromatic rings. The van der Waals surface area contributed by atoms with Crippen molar-refractivity contribution in [1.29, 1.82) is 0 Å². The van der Waals surface area contributed by atoms with Crippen molar-refractivity contribution in [3.8, 4) is 17.2 Å². The van der Waals surface area contributed by atoms with Crippen molar-refractivity contribution in [2.75, 3.05) is 30.7 Å². The lowest BCUT2D eigenvalue weighted by atomic mass is 9.77. The second-order valence-corrected chi connectivity index (χ2v) is 8.08. The Morgan fingerprint density at radius 3 is 2.77 bits per heavy atom. The van der Waals surface area contributed by atoms with Crippen LogP contribution in [-0.2, 0) is 14.3 Å². The highest BCUT2D eigenvalue weighted by molar-refractivity contribution is 6.05. The normalized spacial score (nSPS) is 29.4. The zero-order valence-corrected chi connectivity index (χ0v) is 16.7. The van der Waals surface area contributed by atoms with Gasteiger partial charge in [-0.3, -0.25) is 9.59 Å². The van der Waals surface area contributed by atoms with Crippen LogP contribution in [0.15, 0.2) is 54.6 Å². The van der Waals surface area contributed by atoms with Crippen molar-refractivity contribution in [2.45, 2.75) is 11.7 Å². The monoisotopic (exact) mass is 420 g/mol. The Morgan fingerprint density at radius 2 is 1.97 bits per heavy atom. The van der Waals surface area contributed by atoms with Crippen LogP contribution in [0.4, 0.5) is 11.4 Å². The van der Waals surface area contributed by atoms with E-state index in [-0.39, 0.29) is 18.6 Å². The number of amides is 2. The third kappa shape index (κ3) is 2.64. The van der Waals surface area contributed by atoms with E-state index in [1.807, 2.05) is 18.2 Å². The fourth-order valence-electron chi connectivity index (χ4n) is 4.97. The highest BCUT2D eigenvalue weighted by Crippen LogP contribution is 2.53. The van der Waals surface area contributed by atoms with Crippen LogP contribution in [0.25, 0.3) is 0 Å². The number of carbonyl (C=O) groups is 2. The molecule has 8 heteroatoms. The van der Waals surface area contributed by atoms with Crippen LogP contribution in [0.2, 0.25) is 0 Å². The Kier molecular flexibility index (Phi) is 3.82. The molecule has 31 heavy (non-hydrogen) atoms. The second kappa shape index (κ2) is 6.49. The molecule has 4 aliphatic heterocycles. The zero-order valence-electron chi connectivity index (χ0n) is 16.7. The number of nitrogens with zero attached hydrogens (tertiary/aromatic N) is 1. The van der Waals surface area contributed by atoms with Crippen LogP contribution in [0.1, 0.15) is 0 Å². The van der Waals surface area contributed by atoms with Gasteiger partial charge in [0.15, 0.2) is 11.5 Å². The maximum absolute atomic E-state index is 13.5. The summed E-state index contributed by atoms with van der Waals surface area (Å²) in [4.78, 5) is 28.3. The Bertz CT molecular complexity index is 1110. The zero-order chi connectivity index (χ0) is 21.2. The van der Waals surface area contributed by atoms with E-state index in [0.717, 1.165) is 0 Å². The summed E-state index contributed by atoms with van der Waals surface area (Å²) in [5.41, 5.74) is 0.553. The average molecular weight is 420 g/mol. The first-order valence-corrected chi connectivity index (χ1v) is 10.1. The molecule has 4 atom stereocenters. The maximum Gasteiger partial charge on any atom is 0.234 e. The van der Waals surface area contributed by atoms with Crippen molar-refractivity contribution >= 4 is 23.2 Å². The molecule has 2 amide bonds. The summed E-state index contributed by atoms with van der Waals surface area (Å²) in [6.45, 7) is 0.524. The first kappa shape index (κ1) is 18.3. The molecule has 4 aliphatic rings. The number of ether oxygens (including phenoxy) is 4. The standard InChI is InChI=1S/C23H20N2O6/c1-28-15-5-2-13(3-6-15)24-21(26)19-17-8-9-23(31-17)11-25(22(27)20(19)23)14-4-7-16-18(10-14)30-12-29-16/h2-10,17,19-20H,11-12H2,1H3,(H,24,26)/t17-,19+,20+,23-/m0/s1. The summed E-state index contributed by atoms with van der Waals surface area (Å²) in [5.74, 6) is 0.433. The number of benzene rings is 2. The molecule has 2 bridgehead atoms. The summed E-state index contributed by atoms with van der Waals surface area (Å²) in [6, 6.07) is 12.5. The quantitative estimate of drug-likeness (QED) is 0.765. The Hall–Kier alpha value is -3.52. The summed E-state index contributed by atoms with van der Waals surface area (Å²) in [6.07, 6.45) is 3.42. The molecule has 2 fully saturated rings. The minimum absolute atomic E-state index is 0.124. The lowest BCUT2D eigenvalue weighted by Gasteiger charge is -2.23. The van der Waals surface area contributed by atoms with Gasteiger partial charge in [-0.25, -0.2) is 0 Å². The maximum atomic E-state index is 13.5. The number of methoxy groups -OCH3 is 1. The Balaban J connectivity index is 1.27. The summed E-state index contributed by atoms with van der Waals surface area (Å²) in [7, 11) is 1.59. The number of hydrogen-bond donors (Lipinski definition) is 1. The molecule has 0 radical (unpaired) electrons. The van der Waals surface area contributed by atoms with Crippen LogP contribution in [0, 0.1) is 11.8 Å². The van der Waals surface area contributed by atoms with Crippen molar-refractivity contribution in [2.24, 2.45) is 11.8 Å². The van der Waals surface area contributed by atoms with Crippen molar-refractivity contribution in [1.82, 2.24) is 0 Å². The van der Waals surface area contributed by atoms with E-state index in [2.05, 4.69) is 5.32 Å².